The van der Waals surface area contributed by atoms with Crippen LogP contribution in [0.1, 0.15) is 166 Å². The number of hydrogen-bond donors (Lipinski definition) is 1. The van der Waals surface area contributed by atoms with Crippen molar-refractivity contribution < 1.29 is 13.0 Å². The van der Waals surface area contributed by atoms with E-state index in [2.05, 4.69) is 19.9 Å². The van der Waals surface area contributed by atoms with Gasteiger partial charge in [-0.3, -0.25) is 4.55 Å². The molecule has 0 aromatic heterocycles. The summed E-state index contributed by atoms with van der Waals surface area (Å²) in [5.74, 6) is 0. The molecular formula is C36H60NaO3S. The molecule has 0 aliphatic rings. The number of hydrogen-bond acceptors (Lipinski definition) is 2. The maximum Gasteiger partial charge on any atom is 0.295 e. The van der Waals surface area contributed by atoms with Crippen LogP contribution in [0.25, 0.3) is 10.8 Å². The van der Waals surface area contributed by atoms with Gasteiger partial charge >= 0.3 is 0 Å². The zero-order valence-corrected chi connectivity index (χ0v) is 29.8. The van der Waals surface area contributed by atoms with Crippen LogP contribution in [-0.2, 0) is 23.0 Å². The third-order valence-corrected chi connectivity index (χ3v) is 9.52. The molecule has 41 heavy (non-hydrogen) atoms. The summed E-state index contributed by atoms with van der Waals surface area (Å²) in [7, 11) is -4.30. The second-order valence-corrected chi connectivity index (χ2v) is 13.5. The molecule has 1 radical (unpaired) electrons. The van der Waals surface area contributed by atoms with Gasteiger partial charge in [0.1, 0.15) is 4.90 Å². The Kier molecular flexibility index (Phi) is 22.6. The molecule has 5 heteroatoms. The van der Waals surface area contributed by atoms with Crippen LogP contribution in [0.2, 0.25) is 0 Å². The van der Waals surface area contributed by atoms with Crippen LogP contribution in [0, 0.1) is 0 Å². The summed E-state index contributed by atoms with van der Waals surface area (Å²) < 4.78 is 35.6. The molecule has 0 amide bonds. The second kappa shape index (κ2) is 24.0. The standard InChI is InChI=1S/C36H60O3S.Na/c1-3-5-7-9-11-13-15-17-19-21-23-27-32-31-33-28-25-26-30-35(33)36(40(37,38)39)34(32)29-24-22-20-18-16-14-12-10-8-6-4-2;/h25-26,28,30-31H,3-24,27,29H2,1-2H3,(H,37,38,39);. The van der Waals surface area contributed by atoms with E-state index in [0.717, 1.165) is 48.6 Å². The van der Waals surface area contributed by atoms with E-state index in [1.165, 1.54) is 122 Å². The monoisotopic (exact) mass is 595 g/mol. The molecule has 0 saturated carbocycles. The van der Waals surface area contributed by atoms with Gasteiger partial charge in [-0.15, -0.1) is 0 Å². The Morgan fingerprint density at radius 3 is 1.39 bits per heavy atom. The summed E-state index contributed by atoms with van der Waals surface area (Å²) in [4.78, 5) is 0.163. The summed E-state index contributed by atoms with van der Waals surface area (Å²) in [6, 6.07) is 9.82. The molecule has 2 aromatic rings. The molecule has 0 saturated heterocycles. The quantitative estimate of drug-likeness (QED) is 0.0705. The normalized spacial score (nSPS) is 11.7. The topological polar surface area (TPSA) is 54.4 Å². The van der Waals surface area contributed by atoms with Gasteiger partial charge in [-0.2, -0.15) is 8.42 Å². The summed E-state index contributed by atoms with van der Waals surface area (Å²) in [6.07, 6.45) is 29.9. The van der Waals surface area contributed by atoms with Crippen LogP contribution in [0.5, 0.6) is 0 Å². The molecule has 0 fully saturated rings. The van der Waals surface area contributed by atoms with Gasteiger partial charge in [-0.05, 0) is 42.2 Å². The summed E-state index contributed by atoms with van der Waals surface area (Å²) in [6.45, 7) is 4.53. The number of fused-ring (bicyclic) bond motifs is 1. The number of rotatable bonds is 25. The molecule has 0 heterocycles. The van der Waals surface area contributed by atoms with Gasteiger partial charge in [0.25, 0.3) is 10.1 Å². The largest absolute Gasteiger partial charge is 0.295 e. The minimum absolute atomic E-state index is 0. The zero-order valence-electron chi connectivity index (χ0n) is 27.0. The van der Waals surface area contributed by atoms with E-state index in [9.17, 15) is 13.0 Å². The fourth-order valence-corrected chi connectivity index (χ4v) is 7.16. The third-order valence-electron chi connectivity index (χ3n) is 8.53. The maximum absolute atomic E-state index is 12.6. The maximum atomic E-state index is 12.6. The summed E-state index contributed by atoms with van der Waals surface area (Å²) in [5, 5.41) is 1.57. The Labute approximate surface area is 276 Å². The SMILES string of the molecule is CCCCCCCCCCCCCc1cc2ccccc2c(S(=O)(=O)O)c1CCCCCCCCCCCCC.[Na]. The average Bonchev–Trinajstić information content (AvgIpc) is 2.93. The molecule has 229 valence electrons. The van der Waals surface area contributed by atoms with Crippen molar-refractivity contribution in [1.82, 2.24) is 0 Å². The van der Waals surface area contributed by atoms with E-state index in [-0.39, 0.29) is 34.5 Å². The second-order valence-electron chi connectivity index (χ2n) is 12.1. The molecule has 0 atom stereocenters. The molecule has 2 aromatic carbocycles. The van der Waals surface area contributed by atoms with Gasteiger partial charge < -0.3 is 0 Å². The number of aryl methyl sites for hydroxylation is 1. The van der Waals surface area contributed by atoms with Gasteiger partial charge in [-0.1, -0.05) is 173 Å². The van der Waals surface area contributed by atoms with Crippen LogP contribution in [0.4, 0.5) is 0 Å². The van der Waals surface area contributed by atoms with Crippen molar-refractivity contribution in [3.8, 4) is 0 Å². The Morgan fingerprint density at radius 2 is 0.951 bits per heavy atom. The van der Waals surface area contributed by atoms with Gasteiger partial charge in [0, 0.05) is 34.9 Å². The van der Waals surface area contributed by atoms with E-state index >= 15 is 0 Å². The van der Waals surface area contributed by atoms with Crippen molar-refractivity contribution >= 4 is 50.4 Å². The summed E-state index contributed by atoms with van der Waals surface area (Å²) in [5.41, 5.74) is 1.98. The van der Waals surface area contributed by atoms with Crippen LogP contribution in [-0.4, -0.2) is 42.5 Å². The molecule has 0 aliphatic carbocycles. The number of benzene rings is 2. The van der Waals surface area contributed by atoms with Crippen molar-refractivity contribution in [2.45, 2.75) is 173 Å². The fourth-order valence-electron chi connectivity index (χ4n) is 6.15. The van der Waals surface area contributed by atoms with Crippen molar-refractivity contribution in [1.29, 1.82) is 0 Å². The third kappa shape index (κ3) is 16.3. The predicted octanol–water partition coefficient (Wildman–Crippen LogP) is 11.4. The van der Waals surface area contributed by atoms with E-state index in [0.29, 0.717) is 5.39 Å². The molecule has 0 aliphatic heterocycles. The predicted molar refractivity (Wildman–Crippen MR) is 180 cm³/mol. The molecule has 0 unspecified atom stereocenters. The van der Waals surface area contributed by atoms with E-state index < -0.39 is 10.1 Å². The fraction of sp³-hybridized carbons (Fsp3) is 0.722. The number of unbranched alkanes of at least 4 members (excludes halogenated alkanes) is 20. The van der Waals surface area contributed by atoms with E-state index in [1.807, 2.05) is 24.3 Å². The molecule has 1 N–H and O–H groups in total. The Balaban J connectivity index is 0.00000840. The molecule has 3 nitrogen and oxygen atoms in total. The van der Waals surface area contributed by atoms with Crippen LogP contribution in [0.15, 0.2) is 35.2 Å². The van der Waals surface area contributed by atoms with Crippen molar-refractivity contribution in [3.63, 3.8) is 0 Å². The first-order chi connectivity index (χ1) is 19.5. The Morgan fingerprint density at radius 1 is 0.561 bits per heavy atom. The van der Waals surface area contributed by atoms with Crippen LogP contribution in [0.3, 0.4) is 0 Å². The van der Waals surface area contributed by atoms with Crippen LogP contribution < -0.4 is 0 Å². The molecule has 2 rings (SSSR count). The minimum atomic E-state index is -4.30. The van der Waals surface area contributed by atoms with Gasteiger partial charge in [0.2, 0.25) is 0 Å². The van der Waals surface area contributed by atoms with Crippen molar-refractivity contribution in [2.75, 3.05) is 0 Å². The molecule has 0 spiro atoms. The molecule has 0 bridgehead atoms. The average molecular weight is 596 g/mol. The smallest absolute Gasteiger partial charge is 0.282 e. The van der Waals surface area contributed by atoms with Gasteiger partial charge in [0.15, 0.2) is 0 Å². The Hall–Kier alpha value is -0.390. The first-order valence-electron chi connectivity index (χ1n) is 17.0. The summed E-state index contributed by atoms with van der Waals surface area (Å²) >= 11 is 0. The minimum Gasteiger partial charge on any atom is -0.282 e. The zero-order chi connectivity index (χ0) is 28.9. The first kappa shape index (κ1) is 38.6. The Bertz CT molecular complexity index is 1030. The van der Waals surface area contributed by atoms with Gasteiger partial charge in [0.05, 0.1) is 0 Å². The molecular weight excluding hydrogens is 535 g/mol. The van der Waals surface area contributed by atoms with Crippen molar-refractivity contribution in [2.24, 2.45) is 0 Å². The van der Waals surface area contributed by atoms with Gasteiger partial charge in [-0.25, -0.2) is 0 Å². The van der Waals surface area contributed by atoms with E-state index in [4.69, 9.17) is 0 Å². The van der Waals surface area contributed by atoms with Crippen molar-refractivity contribution in [3.05, 3.63) is 41.5 Å². The van der Waals surface area contributed by atoms with E-state index in [1.54, 1.807) is 0 Å². The van der Waals surface area contributed by atoms with Crippen LogP contribution >= 0.6 is 0 Å². The first-order valence-corrected chi connectivity index (χ1v) is 18.4.